The fourth-order valence-electron chi connectivity index (χ4n) is 1.43. The van der Waals surface area contributed by atoms with Crippen LogP contribution in [0.25, 0.3) is 11.0 Å². The molecular formula is C10H9N3. The number of nitrogens with zero attached hydrogens (tertiary/aromatic N) is 2. The molecule has 13 heavy (non-hydrogen) atoms. The number of aromatic amines is 1. The third kappa shape index (κ3) is 1.07. The lowest BCUT2D eigenvalue weighted by atomic mass is 10.2. The maximum absolute atomic E-state index is 8.89. The molecule has 2 rings (SSSR count). The SMILES string of the molecule is Cc1ccc2[nH]c(C)c(C#N)c2n1. The van der Waals surface area contributed by atoms with Crippen molar-refractivity contribution in [2.24, 2.45) is 0 Å². The van der Waals surface area contributed by atoms with Gasteiger partial charge in [0.15, 0.2) is 0 Å². The van der Waals surface area contributed by atoms with Gasteiger partial charge < -0.3 is 4.98 Å². The standard InChI is InChI=1S/C10H9N3/c1-6-3-4-9-10(12-6)8(5-11)7(2)13-9/h3-4,13H,1-2H3. The summed E-state index contributed by atoms with van der Waals surface area (Å²) in [4.78, 5) is 7.43. The van der Waals surface area contributed by atoms with Gasteiger partial charge in [-0.15, -0.1) is 0 Å². The van der Waals surface area contributed by atoms with Crippen LogP contribution in [0.15, 0.2) is 12.1 Å². The minimum absolute atomic E-state index is 0.652. The first kappa shape index (κ1) is 7.81. The lowest BCUT2D eigenvalue weighted by Crippen LogP contribution is -1.81. The van der Waals surface area contributed by atoms with Gasteiger partial charge >= 0.3 is 0 Å². The molecule has 2 aromatic rings. The van der Waals surface area contributed by atoms with Crippen LogP contribution in [0.4, 0.5) is 0 Å². The first-order valence-electron chi connectivity index (χ1n) is 4.08. The Kier molecular flexibility index (Phi) is 1.56. The average Bonchev–Trinajstić information content (AvgIpc) is 2.40. The molecule has 0 amide bonds. The highest BCUT2D eigenvalue weighted by atomic mass is 14.8. The van der Waals surface area contributed by atoms with Gasteiger partial charge in [-0.3, -0.25) is 4.98 Å². The summed E-state index contributed by atoms with van der Waals surface area (Å²) in [5.41, 5.74) is 4.18. The average molecular weight is 171 g/mol. The zero-order chi connectivity index (χ0) is 9.42. The van der Waals surface area contributed by atoms with Crippen LogP contribution in [0.5, 0.6) is 0 Å². The van der Waals surface area contributed by atoms with Gasteiger partial charge in [0.25, 0.3) is 0 Å². The largest absolute Gasteiger partial charge is 0.356 e. The van der Waals surface area contributed by atoms with E-state index in [1.54, 1.807) is 0 Å². The monoisotopic (exact) mass is 171 g/mol. The van der Waals surface area contributed by atoms with E-state index in [1.165, 1.54) is 0 Å². The molecule has 0 spiro atoms. The highest BCUT2D eigenvalue weighted by Crippen LogP contribution is 2.19. The second-order valence-corrected chi connectivity index (χ2v) is 3.09. The molecule has 2 heterocycles. The van der Waals surface area contributed by atoms with Gasteiger partial charge in [0.1, 0.15) is 11.6 Å². The Hall–Kier alpha value is -1.82. The van der Waals surface area contributed by atoms with Crippen LogP contribution >= 0.6 is 0 Å². The molecule has 0 atom stereocenters. The van der Waals surface area contributed by atoms with Crippen molar-refractivity contribution >= 4 is 11.0 Å². The smallest absolute Gasteiger partial charge is 0.106 e. The van der Waals surface area contributed by atoms with Crippen molar-refractivity contribution < 1.29 is 0 Å². The summed E-state index contributed by atoms with van der Waals surface area (Å²) in [5, 5.41) is 8.89. The third-order valence-electron chi connectivity index (χ3n) is 2.08. The number of nitriles is 1. The number of pyridine rings is 1. The molecule has 0 aliphatic rings. The number of hydrogen-bond donors (Lipinski definition) is 1. The van der Waals surface area contributed by atoms with Crippen LogP contribution in [0, 0.1) is 25.2 Å². The van der Waals surface area contributed by atoms with Crippen molar-refractivity contribution in [3.05, 3.63) is 29.1 Å². The fraction of sp³-hybridized carbons (Fsp3) is 0.200. The summed E-state index contributed by atoms with van der Waals surface area (Å²) in [7, 11) is 0. The number of H-pyrrole nitrogens is 1. The minimum Gasteiger partial charge on any atom is -0.356 e. The molecule has 2 aromatic heterocycles. The molecule has 64 valence electrons. The van der Waals surface area contributed by atoms with Crippen molar-refractivity contribution in [2.45, 2.75) is 13.8 Å². The summed E-state index contributed by atoms with van der Waals surface area (Å²) in [6, 6.07) is 6.03. The van der Waals surface area contributed by atoms with Crippen LogP contribution in [0.1, 0.15) is 17.0 Å². The molecule has 3 nitrogen and oxygen atoms in total. The molecule has 0 saturated heterocycles. The van der Waals surface area contributed by atoms with E-state index in [0.29, 0.717) is 5.56 Å². The summed E-state index contributed by atoms with van der Waals surface area (Å²) in [6.45, 7) is 3.80. The van der Waals surface area contributed by atoms with Crippen molar-refractivity contribution in [3.8, 4) is 6.07 Å². The molecule has 3 heteroatoms. The lowest BCUT2D eigenvalue weighted by molar-refractivity contribution is 1.25. The van der Waals surface area contributed by atoms with Gasteiger partial charge in [0.05, 0.1) is 11.1 Å². The first-order valence-corrected chi connectivity index (χ1v) is 4.08. The predicted molar refractivity (Wildman–Crippen MR) is 50.3 cm³/mol. The van der Waals surface area contributed by atoms with E-state index in [0.717, 1.165) is 22.4 Å². The van der Waals surface area contributed by atoms with Gasteiger partial charge in [0, 0.05) is 11.4 Å². The second kappa shape index (κ2) is 2.60. The maximum atomic E-state index is 8.89. The van der Waals surface area contributed by atoms with E-state index in [2.05, 4.69) is 16.0 Å². The molecular weight excluding hydrogens is 162 g/mol. The molecule has 0 fully saturated rings. The zero-order valence-corrected chi connectivity index (χ0v) is 7.55. The normalized spacial score (nSPS) is 10.2. The van der Waals surface area contributed by atoms with E-state index >= 15 is 0 Å². The maximum Gasteiger partial charge on any atom is 0.106 e. The number of nitrogens with one attached hydrogen (secondary N) is 1. The summed E-state index contributed by atoms with van der Waals surface area (Å²) in [6.07, 6.45) is 0. The highest BCUT2D eigenvalue weighted by Gasteiger charge is 2.08. The zero-order valence-electron chi connectivity index (χ0n) is 7.55. The molecule has 0 aliphatic heterocycles. The van der Waals surface area contributed by atoms with Crippen molar-refractivity contribution in [3.63, 3.8) is 0 Å². The van der Waals surface area contributed by atoms with E-state index in [9.17, 15) is 0 Å². The van der Waals surface area contributed by atoms with Gasteiger partial charge in [0.2, 0.25) is 0 Å². The van der Waals surface area contributed by atoms with Gasteiger partial charge in [-0.2, -0.15) is 5.26 Å². The Morgan fingerprint density at radius 2 is 2.15 bits per heavy atom. The predicted octanol–water partition coefficient (Wildman–Crippen LogP) is 2.05. The Morgan fingerprint density at radius 1 is 1.38 bits per heavy atom. The second-order valence-electron chi connectivity index (χ2n) is 3.09. The fourth-order valence-corrected chi connectivity index (χ4v) is 1.43. The third-order valence-corrected chi connectivity index (χ3v) is 2.08. The quantitative estimate of drug-likeness (QED) is 0.659. The Morgan fingerprint density at radius 3 is 2.85 bits per heavy atom. The summed E-state index contributed by atoms with van der Waals surface area (Å²) in [5.74, 6) is 0. The van der Waals surface area contributed by atoms with E-state index in [4.69, 9.17) is 5.26 Å². The van der Waals surface area contributed by atoms with Crippen LogP contribution in [-0.4, -0.2) is 9.97 Å². The lowest BCUT2D eigenvalue weighted by Gasteiger charge is -1.91. The van der Waals surface area contributed by atoms with Crippen LogP contribution in [0.3, 0.4) is 0 Å². The minimum atomic E-state index is 0.652. The molecule has 0 unspecified atom stereocenters. The highest BCUT2D eigenvalue weighted by molar-refractivity contribution is 5.83. The number of aromatic nitrogens is 2. The van der Waals surface area contributed by atoms with Crippen molar-refractivity contribution in [1.29, 1.82) is 5.26 Å². The van der Waals surface area contributed by atoms with E-state index in [-0.39, 0.29) is 0 Å². The van der Waals surface area contributed by atoms with E-state index in [1.807, 2.05) is 26.0 Å². The van der Waals surface area contributed by atoms with Crippen LogP contribution in [0.2, 0.25) is 0 Å². The number of rotatable bonds is 0. The van der Waals surface area contributed by atoms with Gasteiger partial charge in [-0.25, -0.2) is 0 Å². The summed E-state index contributed by atoms with van der Waals surface area (Å²) < 4.78 is 0. The molecule has 1 N–H and O–H groups in total. The first-order chi connectivity index (χ1) is 6.22. The van der Waals surface area contributed by atoms with Gasteiger partial charge in [-0.05, 0) is 26.0 Å². The Bertz CT molecular complexity index is 503. The van der Waals surface area contributed by atoms with Crippen molar-refractivity contribution in [2.75, 3.05) is 0 Å². The topological polar surface area (TPSA) is 52.5 Å². The molecule has 0 bridgehead atoms. The summed E-state index contributed by atoms with van der Waals surface area (Å²) >= 11 is 0. The Balaban J connectivity index is 2.91. The number of hydrogen-bond acceptors (Lipinski definition) is 2. The molecule has 0 aromatic carbocycles. The van der Waals surface area contributed by atoms with Crippen LogP contribution in [-0.2, 0) is 0 Å². The Labute approximate surface area is 76.0 Å². The van der Waals surface area contributed by atoms with Gasteiger partial charge in [-0.1, -0.05) is 0 Å². The van der Waals surface area contributed by atoms with Crippen molar-refractivity contribution in [1.82, 2.24) is 9.97 Å². The number of aryl methyl sites for hydroxylation is 2. The molecule has 0 radical (unpaired) electrons. The molecule has 0 aliphatic carbocycles. The van der Waals surface area contributed by atoms with E-state index < -0.39 is 0 Å². The number of fused-ring (bicyclic) bond motifs is 1. The molecule has 0 saturated carbocycles. The van der Waals surface area contributed by atoms with Crippen LogP contribution < -0.4 is 0 Å².